The molecular weight excluding hydrogens is 256 g/mol. The number of rotatable bonds is 3. The zero-order chi connectivity index (χ0) is 13.1. The van der Waals surface area contributed by atoms with Crippen LogP contribution in [0.25, 0.3) is 0 Å². The van der Waals surface area contributed by atoms with Crippen LogP contribution in [0.4, 0.5) is 8.78 Å². The Bertz CT molecular complexity index is 453. The van der Waals surface area contributed by atoms with Gasteiger partial charge in [-0.1, -0.05) is 6.07 Å². The highest BCUT2D eigenvalue weighted by molar-refractivity contribution is 7.99. The van der Waals surface area contributed by atoms with Crippen LogP contribution in [-0.4, -0.2) is 41.8 Å². The summed E-state index contributed by atoms with van der Waals surface area (Å²) >= 11 is 1.75. The fourth-order valence-electron chi connectivity index (χ4n) is 1.99. The number of hydrogen-bond acceptors (Lipinski definition) is 3. The van der Waals surface area contributed by atoms with Gasteiger partial charge in [0.25, 0.3) is 0 Å². The molecule has 0 radical (unpaired) electrons. The van der Waals surface area contributed by atoms with E-state index in [2.05, 4.69) is 0 Å². The Morgan fingerprint density at radius 2 is 2.22 bits per heavy atom. The molecule has 1 aromatic carbocycles. The molecular formula is C13H15F2NOS. The van der Waals surface area contributed by atoms with E-state index in [1.807, 2.05) is 11.9 Å². The Hall–Kier alpha value is -0.940. The molecule has 2 rings (SSSR count). The number of Topliss-reactive ketones (excluding diaryl/α,β-unsaturated/α-hetero) is 1. The van der Waals surface area contributed by atoms with E-state index in [0.29, 0.717) is 5.56 Å². The molecule has 1 aliphatic heterocycles. The lowest BCUT2D eigenvalue weighted by Crippen LogP contribution is -2.45. The quantitative estimate of drug-likeness (QED) is 0.840. The van der Waals surface area contributed by atoms with Gasteiger partial charge in [0.1, 0.15) is 0 Å². The van der Waals surface area contributed by atoms with Crippen molar-refractivity contribution < 1.29 is 13.6 Å². The molecule has 0 bridgehead atoms. The number of carbonyl (C=O) groups is 1. The number of likely N-dealkylation sites (N-methyl/N-ethyl adjacent to an activating group) is 1. The Balaban J connectivity index is 2.04. The topological polar surface area (TPSA) is 20.3 Å². The Labute approximate surface area is 109 Å². The Morgan fingerprint density at radius 3 is 2.89 bits per heavy atom. The molecule has 1 aliphatic rings. The molecule has 0 aliphatic carbocycles. The van der Waals surface area contributed by atoms with Gasteiger partial charge in [-0.05, 0) is 24.7 Å². The molecule has 5 heteroatoms. The van der Waals surface area contributed by atoms with E-state index in [1.165, 1.54) is 6.07 Å². The fraction of sp³-hybridized carbons (Fsp3) is 0.462. The van der Waals surface area contributed by atoms with Crippen LogP contribution in [0.5, 0.6) is 0 Å². The summed E-state index contributed by atoms with van der Waals surface area (Å²) in [7, 11) is 1.92. The van der Waals surface area contributed by atoms with E-state index in [-0.39, 0.29) is 18.2 Å². The predicted molar refractivity (Wildman–Crippen MR) is 68.8 cm³/mol. The number of ketones is 1. The second-order valence-corrected chi connectivity index (χ2v) is 5.61. The van der Waals surface area contributed by atoms with E-state index < -0.39 is 11.6 Å². The van der Waals surface area contributed by atoms with Gasteiger partial charge in [0.05, 0.1) is 6.04 Å². The zero-order valence-electron chi connectivity index (χ0n) is 10.2. The predicted octanol–water partition coefficient (Wildman–Crippen LogP) is 2.12. The second-order valence-electron chi connectivity index (χ2n) is 4.46. The van der Waals surface area contributed by atoms with Crippen LogP contribution in [0, 0.1) is 11.6 Å². The van der Waals surface area contributed by atoms with Gasteiger partial charge >= 0.3 is 0 Å². The van der Waals surface area contributed by atoms with Crippen molar-refractivity contribution >= 4 is 17.5 Å². The summed E-state index contributed by atoms with van der Waals surface area (Å²) in [5.74, 6) is 0.101. The molecule has 2 nitrogen and oxygen atoms in total. The number of hydrogen-bond donors (Lipinski definition) is 0. The number of nitrogens with zero attached hydrogens (tertiary/aromatic N) is 1. The van der Waals surface area contributed by atoms with Gasteiger partial charge in [0.2, 0.25) is 0 Å². The van der Waals surface area contributed by atoms with E-state index in [1.54, 1.807) is 11.8 Å². The summed E-state index contributed by atoms with van der Waals surface area (Å²) < 4.78 is 25.8. The molecule has 0 amide bonds. The lowest BCUT2D eigenvalue weighted by atomic mass is 10.0. The molecule has 0 saturated carbocycles. The van der Waals surface area contributed by atoms with Crippen LogP contribution in [0.2, 0.25) is 0 Å². The first-order valence-electron chi connectivity index (χ1n) is 5.82. The van der Waals surface area contributed by atoms with Crippen molar-refractivity contribution in [2.24, 2.45) is 0 Å². The highest BCUT2D eigenvalue weighted by Gasteiger charge is 2.26. The van der Waals surface area contributed by atoms with Crippen molar-refractivity contribution in [3.05, 3.63) is 35.4 Å². The third-order valence-corrected chi connectivity index (χ3v) is 4.15. The first-order chi connectivity index (χ1) is 8.58. The highest BCUT2D eigenvalue weighted by atomic mass is 32.2. The van der Waals surface area contributed by atoms with E-state index in [9.17, 15) is 13.6 Å². The van der Waals surface area contributed by atoms with Crippen molar-refractivity contribution in [3.8, 4) is 0 Å². The van der Waals surface area contributed by atoms with Crippen molar-refractivity contribution in [3.63, 3.8) is 0 Å². The first kappa shape index (κ1) is 13.5. The molecule has 1 saturated heterocycles. The average Bonchev–Trinajstić information content (AvgIpc) is 2.34. The normalized spacial score (nSPS) is 20.9. The molecule has 1 unspecified atom stereocenters. The van der Waals surface area contributed by atoms with Gasteiger partial charge in [-0.2, -0.15) is 11.8 Å². The minimum atomic E-state index is -0.897. The van der Waals surface area contributed by atoms with Crippen molar-refractivity contribution in [1.29, 1.82) is 0 Å². The molecule has 0 spiro atoms. The molecule has 1 heterocycles. The third kappa shape index (κ3) is 3.09. The van der Waals surface area contributed by atoms with Crippen LogP contribution in [0.15, 0.2) is 18.2 Å². The molecule has 1 fully saturated rings. The SMILES string of the molecule is CN1CCSCC1C(=O)Cc1ccc(F)c(F)c1. The van der Waals surface area contributed by atoms with Crippen LogP contribution >= 0.6 is 11.8 Å². The van der Waals surface area contributed by atoms with Gasteiger partial charge in [-0.25, -0.2) is 8.78 Å². The van der Waals surface area contributed by atoms with Crippen molar-refractivity contribution in [1.82, 2.24) is 4.90 Å². The molecule has 1 atom stereocenters. The molecule has 18 heavy (non-hydrogen) atoms. The van der Waals surface area contributed by atoms with Crippen molar-refractivity contribution in [2.75, 3.05) is 25.1 Å². The summed E-state index contributed by atoms with van der Waals surface area (Å²) in [6.45, 7) is 0.888. The lowest BCUT2D eigenvalue weighted by Gasteiger charge is -2.30. The Kier molecular flexibility index (Phi) is 4.35. The minimum Gasteiger partial charge on any atom is -0.298 e. The van der Waals surface area contributed by atoms with Crippen molar-refractivity contribution in [2.45, 2.75) is 12.5 Å². The van der Waals surface area contributed by atoms with E-state index in [4.69, 9.17) is 0 Å². The number of benzene rings is 1. The summed E-state index contributed by atoms with van der Waals surface area (Å²) in [6.07, 6.45) is 0.159. The summed E-state index contributed by atoms with van der Waals surface area (Å²) in [5, 5.41) is 0. The van der Waals surface area contributed by atoms with Gasteiger partial charge in [-0.15, -0.1) is 0 Å². The molecule has 1 aromatic rings. The largest absolute Gasteiger partial charge is 0.298 e. The van der Waals surface area contributed by atoms with Gasteiger partial charge < -0.3 is 0 Å². The standard InChI is InChI=1S/C13H15F2NOS/c1-16-4-5-18-8-12(16)13(17)7-9-2-3-10(14)11(15)6-9/h2-3,6,12H,4-5,7-8H2,1H3. The first-order valence-corrected chi connectivity index (χ1v) is 6.98. The monoisotopic (exact) mass is 271 g/mol. The van der Waals surface area contributed by atoms with Crippen LogP contribution in [0.1, 0.15) is 5.56 Å². The van der Waals surface area contributed by atoms with Gasteiger partial charge in [0.15, 0.2) is 17.4 Å². The van der Waals surface area contributed by atoms with E-state index >= 15 is 0 Å². The maximum absolute atomic E-state index is 13.0. The number of carbonyl (C=O) groups excluding carboxylic acids is 1. The van der Waals surface area contributed by atoms with Crippen LogP contribution in [-0.2, 0) is 11.2 Å². The summed E-state index contributed by atoms with van der Waals surface area (Å²) in [6, 6.07) is 3.52. The smallest absolute Gasteiger partial charge is 0.159 e. The van der Waals surface area contributed by atoms with Crippen LogP contribution < -0.4 is 0 Å². The van der Waals surface area contributed by atoms with E-state index in [0.717, 1.165) is 30.2 Å². The van der Waals surface area contributed by atoms with Crippen LogP contribution in [0.3, 0.4) is 0 Å². The zero-order valence-corrected chi connectivity index (χ0v) is 11.0. The third-order valence-electron chi connectivity index (χ3n) is 3.13. The minimum absolute atomic E-state index is 0.0655. The van der Waals surface area contributed by atoms with Gasteiger partial charge in [-0.3, -0.25) is 9.69 Å². The number of halogens is 2. The fourth-order valence-corrected chi connectivity index (χ4v) is 3.24. The molecule has 0 N–H and O–H groups in total. The molecule has 0 aromatic heterocycles. The maximum Gasteiger partial charge on any atom is 0.159 e. The Morgan fingerprint density at radius 1 is 1.44 bits per heavy atom. The van der Waals surface area contributed by atoms with Gasteiger partial charge in [0, 0.05) is 24.5 Å². The average molecular weight is 271 g/mol. The summed E-state index contributed by atoms with van der Waals surface area (Å²) in [4.78, 5) is 14.1. The highest BCUT2D eigenvalue weighted by Crippen LogP contribution is 2.17. The number of thioether (sulfide) groups is 1. The maximum atomic E-state index is 13.0. The lowest BCUT2D eigenvalue weighted by molar-refractivity contribution is -0.122. The summed E-state index contributed by atoms with van der Waals surface area (Å²) in [5.41, 5.74) is 0.530. The second kappa shape index (κ2) is 5.80. The molecule has 98 valence electrons.